The maximum absolute atomic E-state index is 12.2. The van der Waals surface area contributed by atoms with E-state index in [4.69, 9.17) is 5.11 Å². The van der Waals surface area contributed by atoms with Crippen molar-refractivity contribution in [2.75, 3.05) is 6.26 Å². The van der Waals surface area contributed by atoms with Crippen LogP contribution in [0.5, 0.6) is 0 Å². The number of benzene rings is 1. The zero-order valence-electron chi connectivity index (χ0n) is 13.1. The number of hydrogen-bond acceptors (Lipinski definition) is 4. The Balaban J connectivity index is 3.17. The van der Waals surface area contributed by atoms with Crippen LogP contribution < -0.4 is 5.32 Å². The standard InChI is InChI=1S/C15H21NO5S/c1-5-10-6-7-11(8-12(10)22(4,20)21)14(17)16-13(9(2)3)15(18)19/h6-9,13H,5H2,1-4H3,(H,16,17)(H,18,19)/t13-/m1/s1. The summed E-state index contributed by atoms with van der Waals surface area (Å²) in [6.07, 6.45) is 1.60. The summed E-state index contributed by atoms with van der Waals surface area (Å²) in [6.45, 7) is 5.19. The fraction of sp³-hybridized carbons (Fsp3) is 0.467. The molecule has 122 valence electrons. The SMILES string of the molecule is CCc1ccc(C(=O)N[C@@H](C(=O)O)C(C)C)cc1S(C)(=O)=O. The first-order valence-corrected chi connectivity index (χ1v) is 8.83. The summed E-state index contributed by atoms with van der Waals surface area (Å²) in [5.74, 6) is -2.02. The molecule has 2 N–H and O–H groups in total. The number of aliphatic carboxylic acids is 1. The minimum absolute atomic E-state index is 0.0964. The first-order chi connectivity index (χ1) is 10.1. The summed E-state index contributed by atoms with van der Waals surface area (Å²) < 4.78 is 23.6. The van der Waals surface area contributed by atoms with Crippen molar-refractivity contribution in [1.82, 2.24) is 5.32 Å². The van der Waals surface area contributed by atoms with E-state index in [9.17, 15) is 18.0 Å². The van der Waals surface area contributed by atoms with Gasteiger partial charge in [-0.05, 0) is 30.0 Å². The third-order valence-electron chi connectivity index (χ3n) is 3.33. The third kappa shape index (κ3) is 4.30. The van der Waals surface area contributed by atoms with Gasteiger partial charge in [0.1, 0.15) is 6.04 Å². The predicted molar refractivity (Wildman–Crippen MR) is 82.7 cm³/mol. The molecule has 7 heteroatoms. The summed E-state index contributed by atoms with van der Waals surface area (Å²) in [5.41, 5.74) is 0.752. The number of aryl methyl sites for hydroxylation is 1. The lowest BCUT2D eigenvalue weighted by atomic mass is 10.0. The molecule has 1 amide bonds. The zero-order chi connectivity index (χ0) is 17.1. The molecule has 0 unspecified atom stereocenters. The minimum atomic E-state index is -3.46. The molecule has 0 saturated carbocycles. The molecule has 0 spiro atoms. The molecule has 0 aliphatic carbocycles. The summed E-state index contributed by atoms with van der Waals surface area (Å²) in [5, 5.41) is 11.5. The number of amides is 1. The zero-order valence-corrected chi connectivity index (χ0v) is 13.9. The first kappa shape index (κ1) is 18.2. The Labute approximate surface area is 130 Å². The van der Waals surface area contributed by atoms with Crippen LogP contribution in [0.15, 0.2) is 23.1 Å². The molecule has 6 nitrogen and oxygen atoms in total. The lowest BCUT2D eigenvalue weighted by molar-refractivity contribution is -0.140. The van der Waals surface area contributed by atoms with Crippen LogP contribution in [0.1, 0.15) is 36.7 Å². The quantitative estimate of drug-likeness (QED) is 0.824. The molecule has 0 fully saturated rings. The molecular formula is C15H21NO5S. The van der Waals surface area contributed by atoms with E-state index < -0.39 is 27.8 Å². The average Bonchev–Trinajstić information content (AvgIpc) is 2.42. The van der Waals surface area contributed by atoms with Gasteiger partial charge in [-0.25, -0.2) is 13.2 Å². The Kier molecular flexibility index (Phi) is 5.71. The van der Waals surface area contributed by atoms with E-state index in [2.05, 4.69) is 5.32 Å². The minimum Gasteiger partial charge on any atom is -0.480 e. The summed E-state index contributed by atoms with van der Waals surface area (Å²) in [4.78, 5) is 23.4. The van der Waals surface area contributed by atoms with Gasteiger partial charge in [-0.2, -0.15) is 0 Å². The van der Waals surface area contributed by atoms with Crippen LogP contribution in [-0.2, 0) is 21.1 Å². The van der Waals surface area contributed by atoms with Crippen LogP contribution >= 0.6 is 0 Å². The Morgan fingerprint density at radius 3 is 2.27 bits per heavy atom. The lowest BCUT2D eigenvalue weighted by Gasteiger charge is -2.18. The van der Waals surface area contributed by atoms with Gasteiger partial charge in [0.15, 0.2) is 9.84 Å². The Morgan fingerprint density at radius 2 is 1.86 bits per heavy atom. The average molecular weight is 327 g/mol. The fourth-order valence-corrected chi connectivity index (χ4v) is 3.10. The van der Waals surface area contributed by atoms with Crippen molar-refractivity contribution in [3.05, 3.63) is 29.3 Å². The van der Waals surface area contributed by atoms with Crippen molar-refractivity contribution < 1.29 is 23.1 Å². The molecule has 0 heterocycles. The highest BCUT2D eigenvalue weighted by Crippen LogP contribution is 2.19. The van der Waals surface area contributed by atoms with Crippen molar-refractivity contribution in [3.63, 3.8) is 0 Å². The van der Waals surface area contributed by atoms with E-state index in [1.807, 2.05) is 6.92 Å². The number of carbonyl (C=O) groups excluding carboxylic acids is 1. The van der Waals surface area contributed by atoms with Gasteiger partial charge in [-0.1, -0.05) is 26.8 Å². The van der Waals surface area contributed by atoms with Crippen LogP contribution in [0, 0.1) is 5.92 Å². The Morgan fingerprint density at radius 1 is 1.27 bits per heavy atom. The molecule has 1 rings (SSSR count). The van der Waals surface area contributed by atoms with E-state index in [1.54, 1.807) is 19.9 Å². The van der Waals surface area contributed by atoms with Crippen molar-refractivity contribution >= 4 is 21.7 Å². The second-order valence-electron chi connectivity index (χ2n) is 5.48. The van der Waals surface area contributed by atoms with Gasteiger partial charge in [0.25, 0.3) is 5.91 Å². The molecule has 1 aromatic rings. The molecule has 0 saturated heterocycles. The summed E-state index contributed by atoms with van der Waals surface area (Å²) in [7, 11) is -3.46. The number of rotatable bonds is 6. The summed E-state index contributed by atoms with van der Waals surface area (Å²) in [6, 6.07) is 3.35. The normalized spacial score (nSPS) is 13.0. The Bertz CT molecular complexity index is 679. The van der Waals surface area contributed by atoms with Crippen molar-refractivity contribution in [1.29, 1.82) is 0 Å². The van der Waals surface area contributed by atoms with Crippen LogP contribution in [0.4, 0.5) is 0 Å². The summed E-state index contributed by atoms with van der Waals surface area (Å²) >= 11 is 0. The topological polar surface area (TPSA) is 101 Å². The molecule has 22 heavy (non-hydrogen) atoms. The highest BCUT2D eigenvalue weighted by Gasteiger charge is 2.24. The fourth-order valence-electron chi connectivity index (χ4n) is 2.07. The number of sulfone groups is 1. The van der Waals surface area contributed by atoms with Gasteiger partial charge < -0.3 is 10.4 Å². The second kappa shape index (κ2) is 6.91. The van der Waals surface area contributed by atoms with Crippen molar-refractivity contribution in [2.45, 2.75) is 38.1 Å². The van der Waals surface area contributed by atoms with Gasteiger partial charge in [-0.15, -0.1) is 0 Å². The second-order valence-corrected chi connectivity index (χ2v) is 7.47. The molecule has 0 bridgehead atoms. The molecular weight excluding hydrogens is 306 g/mol. The molecule has 0 aliphatic rings. The van der Waals surface area contributed by atoms with Crippen molar-refractivity contribution in [2.24, 2.45) is 5.92 Å². The van der Waals surface area contributed by atoms with Crippen molar-refractivity contribution in [3.8, 4) is 0 Å². The number of carboxylic acid groups (broad SMARTS) is 1. The smallest absolute Gasteiger partial charge is 0.326 e. The van der Waals surface area contributed by atoms with E-state index in [0.717, 1.165) is 6.26 Å². The van der Waals surface area contributed by atoms with Gasteiger partial charge in [0.05, 0.1) is 4.90 Å². The van der Waals surface area contributed by atoms with E-state index in [-0.39, 0.29) is 16.4 Å². The third-order valence-corrected chi connectivity index (χ3v) is 4.51. The van der Waals surface area contributed by atoms with Crippen LogP contribution in [0.3, 0.4) is 0 Å². The monoisotopic (exact) mass is 327 g/mol. The van der Waals surface area contributed by atoms with Gasteiger partial charge in [0, 0.05) is 11.8 Å². The van der Waals surface area contributed by atoms with Gasteiger partial charge in [-0.3, -0.25) is 4.79 Å². The number of carbonyl (C=O) groups is 2. The first-order valence-electron chi connectivity index (χ1n) is 6.94. The van der Waals surface area contributed by atoms with Crippen LogP contribution in [0.2, 0.25) is 0 Å². The molecule has 1 aromatic carbocycles. The van der Waals surface area contributed by atoms with Gasteiger partial charge in [0.2, 0.25) is 0 Å². The highest BCUT2D eigenvalue weighted by molar-refractivity contribution is 7.90. The highest BCUT2D eigenvalue weighted by atomic mass is 32.2. The predicted octanol–water partition coefficient (Wildman–Crippen LogP) is 1.49. The van der Waals surface area contributed by atoms with E-state index in [0.29, 0.717) is 12.0 Å². The van der Waals surface area contributed by atoms with E-state index >= 15 is 0 Å². The maximum Gasteiger partial charge on any atom is 0.326 e. The number of hydrogen-bond donors (Lipinski definition) is 2. The molecule has 0 aliphatic heterocycles. The van der Waals surface area contributed by atoms with Gasteiger partial charge >= 0.3 is 5.97 Å². The number of nitrogens with one attached hydrogen (secondary N) is 1. The lowest BCUT2D eigenvalue weighted by Crippen LogP contribution is -2.44. The van der Waals surface area contributed by atoms with Crippen LogP contribution in [0.25, 0.3) is 0 Å². The van der Waals surface area contributed by atoms with E-state index in [1.165, 1.54) is 12.1 Å². The van der Waals surface area contributed by atoms with Crippen LogP contribution in [-0.4, -0.2) is 37.7 Å². The molecule has 0 radical (unpaired) electrons. The largest absolute Gasteiger partial charge is 0.480 e. The number of carboxylic acids is 1. The maximum atomic E-state index is 12.2. The molecule has 0 aromatic heterocycles. The molecule has 1 atom stereocenters. The Hall–Kier alpha value is -1.89.